The predicted molar refractivity (Wildman–Crippen MR) is 370 cm³/mol. The molecule has 2 aromatic carbocycles. The number of esters is 4. The second-order valence-corrected chi connectivity index (χ2v) is 24.6. The first-order chi connectivity index (χ1) is 43.3. The maximum atomic E-state index is 13.6. The third kappa shape index (κ3) is 50.5. The number of hydrogen-bond donors (Lipinski definition) is 2. The molecular weight excluding hydrogens is 1110 g/mol. The topological polar surface area (TPSA) is 166 Å². The highest BCUT2D eigenvalue weighted by atomic mass is 16.6. The van der Waals surface area contributed by atoms with Gasteiger partial charge in [0.1, 0.15) is 26.4 Å². The van der Waals surface area contributed by atoms with E-state index in [1.165, 1.54) is 196 Å². The SMILES string of the molecule is C=CC(=O)OCCO.C=Cc1ccc(C)cc1.CCCCCCCCCCCCCCCCCCN(CCCCCCCCCCCCCCCCCC)C(=O)CCC(=O)OCCOC(=O)C(CC)CC(CC(CCC)c1ccc(C)cc1)C(=O)OCCO. The Bertz CT molecular complexity index is 1970. The lowest BCUT2D eigenvalue weighted by Gasteiger charge is -2.25. The Labute approximate surface area is 543 Å². The fraction of sp³-hybridized carbons (Fsp3) is 0.727. The number of carbonyl (C=O) groups is 5. The van der Waals surface area contributed by atoms with Gasteiger partial charge < -0.3 is 34.1 Å². The molecule has 3 atom stereocenters. The minimum atomic E-state index is -0.546. The molecule has 0 fully saturated rings. The number of amides is 1. The highest BCUT2D eigenvalue weighted by molar-refractivity contribution is 5.82. The van der Waals surface area contributed by atoms with E-state index in [0.717, 1.165) is 63.3 Å². The van der Waals surface area contributed by atoms with Crippen molar-refractivity contribution < 1.29 is 53.1 Å². The van der Waals surface area contributed by atoms with E-state index in [4.69, 9.17) is 19.3 Å². The molecule has 0 aliphatic carbocycles. The van der Waals surface area contributed by atoms with Gasteiger partial charge in [0.2, 0.25) is 5.91 Å². The summed E-state index contributed by atoms with van der Waals surface area (Å²) < 4.78 is 20.7. The highest BCUT2D eigenvalue weighted by Gasteiger charge is 2.31. The van der Waals surface area contributed by atoms with Crippen molar-refractivity contribution >= 4 is 35.9 Å². The quantitative estimate of drug-likeness (QED) is 0.0280. The van der Waals surface area contributed by atoms with Crippen LogP contribution < -0.4 is 0 Å². The van der Waals surface area contributed by atoms with Crippen LogP contribution in [0.4, 0.5) is 0 Å². The lowest BCUT2D eigenvalue weighted by molar-refractivity contribution is -0.157. The fourth-order valence-electron chi connectivity index (χ4n) is 11.1. The molecule has 89 heavy (non-hydrogen) atoms. The summed E-state index contributed by atoms with van der Waals surface area (Å²) in [6, 6.07) is 16.6. The van der Waals surface area contributed by atoms with Crippen LogP contribution in [-0.2, 0) is 42.9 Å². The second kappa shape index (κ2) is 62.0. The number of aliphatic hydroxyl groups is 2. The van der Waals surface area contributed by atoms with Crippen molar-refractivity contribution in [2.75, 3.05) is 52.7 Å². The molecule has 0 saturated carbocycles. The fourth-order valence-corrected chi connectivity index (χ4v) is 11.1. The second-order valence-electron chi connectivity index (χ2n) is 24.6. The number of aryl methyl sites for hydroxylation is 2. The molecule has 0 spiro atoms. The number of carbonyl (C=O) groups excluding carboxylic acids is 5. The van der Waals surface area contributed by atoms with Crippen LogP contribution in [0.3, 0.4) is 0 Å². The Balaban J connectivity index is 0.00000390. The van der Waals surface area contributed by atoms with Gasteiger partial charge in [0.25, 0.3) is 0 Å². The van der Waals surface area contributed by atoms with Gasteiger partial charge in [-0.3, -0.25) is 19.2 Å². The average Bonchev–Trinajstić information content (AvgIpc) is 3.65. The van der Waals surface area contributed by atoms with Crippen LogP contribution in [0.1, 0.15) is 306 Å². The monoisotopic (exact) mass is 1250 g/mol. The first-order valence-electron chi connectivity index (χ1n) is 35.9. The maximum absolute atomic E-state index is 13.6. The molecule has 0 aliphatic rings. The van der Waals surface area contributed by atoms with Crippen molar-refractivity contribution in [3.8, 4) is 0 Å². The number of ether oxygens (including phenoxy) is 4. The summed E-state index contributed by atoms with van der Waals surface area (Å²) in [6.45, 7) is 20.4. The summed E-state index contributed by atoms with van der Waals surface area (Å²) >= 11 is 0. The summed E-state index contributed by atoms with van der Waals surface area (Å²) in [5.74, 6) is -2.78. The van der Waals surface area contributed by atoms with E-state index in [9.17, 15) is 29.1 Å². The van der Waals surface area contributed by atoms with Crippen LogP contribution >= 0.6 is 0 Å². The Kier molecular flexibility index (Phi) is 58.7. The van der Waals surface area contributed by atoms with Gasteiger partial charge in [0.05, 0.1) is 31.5 Å². The Morgan fingerprint density at radius 2 is 0.831 bits per heavy atom. The van der Waals surface area contributed by atoms with E-state index in [2.05, 4.69) is 94.1 Å². The van der Waals surface area contributed by atoms with Crippen LogP contribution in [0.2, 0.25) is 0 Å². The molecule has 3 unspecified atom stereocenters. The number of rotatable bonds is 56. The molecule has 0 aliphatic heterocycles. The summed E-state index contributed by atoms with van der Waals surface area (Å²) in [7, 11) is 0. The zero-order valence-electron chi connectivity index (χ0n) is 57.7. The molecule has 510 valence electrons. The van der Waals surface area contributed by atoms with E-state index in [1.54, 1.807) is 0 Å². The molecule has 2 aromatic rings. The van der Waals surface area contributed by atoms with Gasteiger partial charge in [-0.15, -0.1) is 0 Å². The third-order valence-electron chi connectivity index (χ3n) is 16.7. The standard InChI is InChI=1S/C63H113NO8.C9H10.C5H8O3/c1-6-10-12-14-16-18-20-22-24-26-28-30-32-34-36-38-47-64(48-39-37-35-33-31-29-27-25-23-21-19-17-15-13-11-7-2)60(66)45-46-61(67)70-51-52-72-62(68)56(9-4)53-59(63(69)71-50-49-65)54-58(40-8-3)57-43-41-55(5)42-44-57;1-3-9-6-4-8(2)5-7-9;1-2-5(7)8-4-3-6/h41-44,56,58-59,65H,6-40,45-54H2,1-5H3;3-7H,1H2,2H3;2,6H,1,3-4H2. The number of aliphatic hydroxyl groups excluding tert-OH is 2. The zero-order chi connectivity index (χ0) is 65.6. The van der Waals surface area contributed by atoms with Crippen LogP contribution in [0.15, 0.2) is 67.8 Å². The normalized spacial score (nSPS) is 11.9. The molecule has 0 bridgehead atoms. The first kappa shape index (κ1) is 84.2. The van der Waals surface area contributed by atoms with Crippen molar-refractivity contribution in [1.82, 2.24) is 4.90 Å². The van der Waals surface area contributed by atoms with E-state index < -0.39 is 35.7 Å². The Morgan fingerprint density at radius 3 is 1.22 bits per heavy atom. The van der Waals surface area contributed by atoms with Gasteiger partial charge >= 0.3 is 23.9 Å². The summed E-state index contributed by atoms with van der Waals surface area (Å²) in [6.07, 6.45) is 48.2. The molecular formula is C77H131NO11. The van der Waals surface area contributed by atoms with Crippen LogP contribution in [0.25, 0.3) is 6.08 Å². The van der Waals surface area contributed by atoms with Gasteiger partial charge in [-0.2, -0.15) is 0 Å². The summed E-state index contributed by atoms with van der Waals surface area (Å²) in [4.78, 5) is 65.1. The lowest BCUT2D eigenvalue weighted by Crippen LogP contribution is -2.33. The average molecular weight is 1250 g/mol. The molecule has 0 heterocycles. The highest BCUT2D eigenvalue weighted by Crippen LogP contribution is 2.33. The van der Waals surface area contributed by atoms with Crippen molar-refractivity contribution in [2.45, 2.75) is 298 Å². The van der Waals surface area contributed by atoms with Gasteiger partial charge in [-0.05, 0) is 69.4 Å². The first-order valence-corrected chi connectivity index (χ1v) is 35.9. The largest absolute Gasteiger partial charge is 0.463 e. The minimum Gasteiger partial charge on any atom is -0.463 e. The Morgan fingerprint density at radius 1 is 0.449 bits per heavy atom. The zero-order valence-corrected chi connectivity index (χ0v) is 57.7. The van der Waals surface area contributed by atoms with Gasteiger partial charge in [-0.25, -0.2) is 4.79 Å². The summed E-state index contributed by atoms with van der Waals surface area (Å²) in [5.41, 5.74) is 4.79. The predicted octanol–water partition coefficient (Wildman–Crippen LogP) is 19.4. The molecule has 0 radical (unpaired) electrons. The molecule has 1 amide bonds. The van der Waals surface area contributed by atoms with Crippen molar-refractivity contribution in [3.05, 3.63) is 90.0 Å². The van der Waals surface area contributed by atoms with Crippen LogP contribution in [0.5, 0.6) is 0 Å². The van der Waals surface area contributed by atoms with Crippen molar-refractivity contribution in [2.24, 2.45) is 11.8 Å². The molecule has 0 saturated heterocycles. The molecule has 12 nitrogen and oxygen atoms in total. The third-order valence-corrected chi connectivity index (χ3v) is 16.7. The minimum absolute atomic E-state index is 0.00365. The van der Waals surface area contributed by atoms with Crippen LogP contribution in [-0.4, -0.2) is 97.6 Å². The number of hydrogen-bond acceptors (Lipinski definition) is 11. The number of unbranched alkanes of at least 4 members (excludes halogenated alkanes) is 30. The lowest BCUT2D eigenvalue weighted by atomic mass is 9.81. The van der Waals surface area contributed by atoms with E-state index in [-0.39, 0.29) is 70.7 Å². The molecule has 12 heteroatoms. The van der Waals surface area contributed by atoms with Gasteiger partial charge in [-0.1, -0.05) is 306 Å². The van der Waals surface area contributed by atoms with E-state index in [0.29, 0.717) is 12.8 Å². The molecule has 2 rings (SSSR count). The van der Waals surface area contributed by atoms with Crippen molar-refractivity contribution in [3.63, 3.8) is 0 Å². The van der Waals surface area contributed by atoms with Gasteiger partial charge in [0, 0.05) is 25.6 Å². The number of nitrogens with zero attached hydrogens (tertiary/aromatic N) is 1. The molecule has 0 aromatic heterocycles. The summed E-state index contributed by atoms with van der Waals surface area (Å²) in [5, 5.41) is 17.4. The van der Waals surface area contributed by atoms with Gasteiger partial charge in [0.15, 0.2) is 0 Å². The maximum Gasteiger partial charge on any atom is 0.330 e. The van der Waals surface area contributed by atoms with E-state index in [1.807, 2.05) is 24.8 Å². The van der Waals surface area contributed by atoms with Crippen LogP contribution in [0, 0.1) is 25.7 Å². The Hall–Kier alpha value is -4.81. The van der Waals surface area contributed by atoms with E-state index >= 15 is 0 Å². The van der Waals surface area contributed by atoms with Crippen molar-refractivity contribution in [1.29, 1.82) is 0 Å². The number of benzene rings is 2. The molecule has 2 N–H and O–H groups in total. The smallest absolute Gasteiger partial charge is 0.330 e.